The van der Waals surface area contributed by atoms with Crippen molar-refractivity contribution in [3.8, 4) is 23.0 Å². The number of ether oxygens (including phenoxy) is 4. The van der Waals surface area contributed by atoms with Crippen molar-refractivity contribution in [1.29, 1.82) is 0 Å². The van der Waals surface area contributed by atoms with E-state index in [1.54, 1.807) is 42.5 Å². The van der Waals surface area contributed by atoms with Gasteiger partial charge in [0, 0.05) is 11.3 Å². The Kier molecular flexibility index (Phi) is 7.62. The molecule has 38 heavy (non-hydrogen) atoms. The fraction of sp³-hybridized carbons (Fsp3) is 0.267. The molecule has 3 aromatic carbocycles. The zero-order valence-corrected chi connectivity index (χ0v) is 22.3. The molecule has 1 N–H and O–H groups in total. The molecular formula is C30H31NO7. The van der Waals surface area contributed by atoms with E-state index in [1.807, 2.05) is 39.0 Å². The lowest BCUT2D eigenvalue weighted by Crippen LogP contribution is -2.29. The second kappa shape index (κ2) is 10.9. The van der Waals surface area contributed by atoms with Crippen LogP contribution in [0.25, 0.3) is 5.76 Å². The molecule has 1 heterocycles. The number of anilines is 1. The summed E-state index contributed by atoms with van der Waals surface area (Å²) in [6.07, 6.45) is -0.0847. The Morgan fingerprint density at radius 3 is 2.13 bits per heavy atom. The van der Waals surface area contributed by atoms with Crippen molar-refractivity contribution in [3.05, 3.63) is 82.9 Å². The quantitative estimate of drug-likeness (QED) is 0.242. The summed E-state index contributed by atoms with van der Waals surface area (Å²) in [4.78, 5) is 28.4. The topological polar surface area (TPSA) is 94.5 Å². The Labute approximate surface area is 222 Å². The molecule has 8 nitrogen and oxygen atoms in total. The van der Waals surface area contributed by atoms with Gasteiger partial charge in [0.1, 0.15) is 11.5 Å². The molecule has 1 amide bonds. The van der Waals surface area contributed by atoms with Crippen LogP contribution in [0.1, 0.15) is 36.6 Å². The lowest BCUT2D eigenvalue weighted by molar-refractivity contribution is -0.132. The number of methoxy groups -OCH3 is 3. The van der Waals surface area contributed by atoms with Gasteiger partial charge in [0.25, 0.3) is 11.7 Å². The summed E-state index contributed by atoms with van der Waals surface area (Å²) in [5, 5.41) is 11.5. The molecule has 1 saturated heterocycles. The van der Waals surface area contributed by atoms with E-state index in [9.17, 15) is 14.7 Å². The molecule has 0 spiro atoms. The van der Waals surface area contributed by atoms with Crippen LogP contribution in [0.5, 0.6) is 23.0 Å². The average molecular weight is 518 g/mol. The summed E-state index contributed by atoms with van der Waals surface area (Å²) in [6.45, 7) is 5.68. The predicted molar refractivity (Wildman–Crippen MR) is 144 cm³/mol. The van der Waals surface area contributed by atoms with Crippen LogP contribution in [-0.4, -0.2) is 44.2 Å². The number of hydrogen-bond acceptors (Lipinski definition) is 7. The van der Waals surface area contributed by atoms with Gasteiger partial charge in [-0.25, -0.2) is 0 Å². The number of aliphatic hydroxyl groups excluding tert-OH is 1. The number of Topliss-reactive ketones (excluding diaryl/α,β-unsaturated/α-hetero) is 1. The van der Waals surface area contributed by atoms with Gasteiger partial charge < -0.3 is 24.1 Å². The molecule has 4 rings (SSSR count). The lowest BCUT2D eigenvalue weighted by Gasteiger charge is -2.27. The summed E-state index contributed by atoms with van der Waals surface area (Å²) < 4.78 is 22.3. The first-order chi connectivity index (χ1) is 18.2. The van der Waals surface area contributed by atoms with Crippen LogP contribution in [0.15, 0.2) is 66.2 Å². The van der Waals surface area contributed by atoms with Crippen molar-refractivity contribution < 1.29 is 33.6 Å². The van der Waals surface area contributed by atoms with Crippen LogP contribution in [0.4, 0.5) is 5.69 Å². The first kappa shape index (κ1) is 26.6. The van der Waals surface area contributed by atoms with Gasteiger partial charge in [-0.3, -0.25) is 14.5 Å². The predicted octanol–water partition coefficient (Wildman–Crippen LogP) is 5.43. The molecule has 0 saturated carbocycles. The van der Waals surface area contributed by atoms with Crippen LogP contribution in [0.2, 0.25) is 0 Å². The van der Waals surface area contributed by atoms with Gasteiger partial charge >= 0.3 is 0 Å². The Balaban J connectivity index is 1.99. The van der Waals surface area contributed by atoms with Crippen molar-refractivity contribution >= 4 is 23.1 Å². The van der Waals surface area contributed by atoms with Gasteiger partial charge in [-0.15, -0.1) is 0 Å². The molecule has 1 unspecified atom stereocenters. The van der Waals surface area contributed by atoms with Gasteiger partial charge in [-0.05, 0) is 68.3 Å². The standard InChI is InChI=1S/C30H31NO7/c1-17(2)38-22-12-8-10-19(14-22)27(32)25-26(20-15-23(35-4)29(37-6)24(16-20)36-5)31(30(34)28(25)33)21-11-7-9-18(3)13-21/h7-17,26,32H,1-6H3/b27-25+. The van der Waals surface area contributed by atoms with Crippen molar-refractivity contribution in [1.82, 2.24) is 0 Å². The van der Waals surface area contributed by atoms with Crippen LogP contribution >= 0.6 is 0 Å². The van der Waals surface area contributed by atoms with E-state index < -0.39 is 17.7 Å². The van der Waals surface area contributed by atoms with Crippen LogP contribution in [0, 0.1) is 6.92 Å². The molecule has 0 bridgehead atoms. The zero-order chi connectivity index (χ0) is 27.6. The fourth-order valence-electron chi connectivity index (χ4n) is 4.60. The number of aliphatic hydroxyl groups is 1. The number of carbonyl (C=O) groups excluding carboxylic acids is 2. The summed E-state index contributed by atoms with van der Waals surface area (Å²) in [5.74, 6) is -0.283. The molecule has 0 radical (unpaired) electrons. The summed E-state index contributed by atoms with van der Waals surface area (Å²) in [7, 11) is 4.46. The average Bonchev–Trinajstić information content (AvgIpc) is 3.17. The van der Waals surface area contributed by atoms with Crippen molar-refractivity contribution in [2.24, 2.45) is 0 Å². The van der Waals surface area contributed by atoms with E-state index in [4.69, 9.17) is 18.9 Å². The third-order valence-electron chi connectivity index (χ3n) is 6.21. The SMILES string of the molecule is COc1cc(C2/C(=C(\O)c3cccc(OC(C)C)c3)C(=O)C(=O)N2c2cccc(C)c2)cc(OC)c1OC. The van der Waals surface area contributed by atoms with Gasteiger partial charge in [-0.1, -0.05) is 24.3 Å². The van der Waals surface area contributed by atoms with E-state index in [0.29, 0.717) is 39.8 Å². The number of rotatable bonds is 8. The molecule has 0 aromatic heterocycles. The second-order valence-corrected chi connectivity index (χ2v) is 9.16. The lowest BCUT2D eigenvalue weighted by atomic mass is 9.94. The number of hydrogen-bond donors (Lipinski definition) is 1. The minimum atomic E-state index is -0.972. The monoisotopic (exact) mass is 517 g/mol. The van der Waals surface area contributed by atoms with Crippen molar-refractivity contribution in [3.63, 3.8) is 0 Å². The second-order valence-electron chi connectivity index (χ2n) is 9.16. The number of benzene rings is 3. The summed E-state index contributed by atoms with van der Waals surface area (Å²) >= 11 is 0. The number of ketones is 1. The van der Waals surface area contributed by atoms with E-state index in [-0.39, 0.29) is 17.4 Å². The van der Waals surface area contributed by atoms with E-state index in [2.05, 4.69) is 0 Å². The largest absolute Gasteiger partial charge is 0.507 e. The van der Waals surface area contributed by atoms with E-state index >= 15 is 0 Å². The Bertz CT molecular complexity index is 1380. The molecule has 0 aliphatic carbocycles. The molecule has 1 fully saturated rings. The summed E-state index contributed by atoms with van der Waals surface area (Å²) in [5.41, 5.74) is 2.21. The molecule has 1 aliphatic rings. The van der Waals surface area contributed by atoms with Gasteiger partial charge in [-0.2, -0.15) is 0 Å². The minimum absolute atomic E-state index is 0.0625. The normalized spacial score (nSPS) is 16.6. The smallest absolute Gasteiger partial charge is 0.300 e. The number of nitrogens with zero attached hydrogens (tertiary/aromatic N) is 1. The maximum Gasteiger partial charge on any atom is 0.300 e. The maximum absolute atomic E-state index is 13.5. The number of carbonyl (C=O) groups is 2. The maximum atomic E-state index is 13.5. The zero-order valence-electron chi connectivity index (χ0n) is 22.3. The highest BCUT2D eigenvalue weighted by Crippen LogP contribution is 2.47. The van der Waals surface area contributed by atoms with Crippen LogP contribution in [0.3, 0.4) is 0 Å². The van der Waals surface area contributed by atoms with Crippen LogP contribution < -0.4 is 23.8 Å². The Hall–Kier alpha value is -4.46. The fourth-order valence-corrected chi connectivity index (χ4v) is 4.60. The molecule has 198 valence electrons. The highest BCUT2D eigenvalue weighted by atomic mass is 16.5. The number of aryl methyl sites for hydroxylation is 1. The number of amides is 1. The molecule has 8 heteroatoms. The van der Waals surface area contributed by atoms with Crippen molar-refractivity contribution in [2.75, 3.05) is 26.2 Å². The third-order valence-corrected chi connectivity index (χ3v) is 6.21. The van der Waals surface area contributed by atoms with E-state index in [0.717, 1.165) is 5.56 Å². The van der Waals surface area contributed by atoms with Gasteiger partial charge in [0.2, 0.25) is 5.75 Å². The highest BCUT2D eigenvalue weighted by Gasteiger charge is 2.47. The van der Waals surface area contributed by atoms with E-state index in [1.165, 1.54) is 26.2 Å². The molecule has 3 aromatic rings. The highest BCUT2D eigenvalue weighted by molar-refractivity contribution is 6.51. The first-order valence-electron chi connectivity index (χ1n) is 12.1. The van der Waals surface area contributed by atoms with Gasteiger partial charge in [0.05, 0.1) is 39.0 Å². The molecule has 1 atom stereocenters. The summed E-state index contributed by atoms with van der Waals surface area (Å²) in [6, 6.07) is 16.4. The van der Waals surface area contributed by atoms with Crippen molar-refractivity contribution in [2.45, 2.75) is 32.9 Å². The minimum Gasteiger partial charge on any atom is -0.507 e. The first-order valence-corrected chi connectivity index (χ1v) is 12.1. The van der Waals surface area contributed by atoms with Gasteiger partial charge in [0.15, 0.2) is 11.5 Å². The molecular weight excluding hydrogens is 486 g/mol. The Morgan fingerprint density at radius 1 is 0.895 bits per heavy atom. The third kappa shape index (κ3) is 4.89. The Morgan fingerprint density at radius 2 is 1.55 bits per heavy atom. The van der Waals surface area contributed by atoms with Crippen LogP contribution in [-0.2, 0) is 9.59 Å². The molecule has 1 aliphatic heterocycles.